The van der Waals surface area contributed by atoms with Crippen molar-refractivity contribution in [1.82, 2.24) is 10.3 Å². The van der Waals surface area contributed by atoms with Gasteiger partial charge in [0, 0.05) is 25.0 Å². The first-order chi connectivity index (χ1) is 27.3. The number of hydrogen-bond acceptors (Lipinski definition) is 11. The number of ether oxygens (including phenoxy) is 2. The van der Waals surface area contributed by atoms with Gasteiger partial charge in [0.05, 0.1) is 10.9 Å². The maximum Gasteiger partial charge on any atom is 0.335 e. The number of hydrogen-bond donors (Lipinski definition) is 8. The van der Waals surface area contributed by atoms with E-state index < -0.39 is 53.3 Å². The molecule has 3 aromatic carbocycles. The smallest absolute Gasteiger partial charge is 0.335 e. The van der Waals surface area contributed by atoms with E-state index >= 15 is 0 Å². The van der Waals surface area contributed by atoms with Crippen LogP contribution in [0.3, 0.4) is 0 Å². The van der Waals surface area contributed by atoms with Crippen molar-refractivity contribution in [3.63, 3.8) is 0 Å². The van der Waals surface area contributed by atoms with E-state index in [-0.39, 0.29) is 52.0 Å². The van der Waals surface area contributed by atoms with E-state index in [4.69, 9.17) is 19.6 Å². The molecule has 14 nitrogen and oxygen atoms in total. The number of aromatic hydroxyl groups is 1. The van der Waals surface area contributed by atoms with Crippen LogP contribution in [0.25, 0.3) is 28.2 Å². The molecule has 0 radical (unpaired) electrons. The Morgan fingerprint density at radius 3 is 2.53 bits per heavy atom. The molecule has 300 valence electrons. The summed E-state index contributed by atoms with van der Waals surface area (Å²) in [6.07, 6.45) is 2.48. The fourth-order valence-electron chi connectivity index (χ4n) is 7.23. The van der Waals surface area contributed by atoms with E-state index in [0.29, 0.717) is 13.0 Å². The van der Waals surface area contributed by atoms with E-state index in [0.717, 1.165) is 24.0 Å². The van der Waals surface area contributed by atoms with Crippen molar-refractivity contribution >= 4 is 28.9 Å². The zero-order valence-corrected chi connectivity index (χ0v) is 31.5. The predicted octanol–water partition coefficient (Wildman–Crippen LogP) is 3.98. The van der Waals surface area contributed by atoms with Gasteiger partial charge in [0.2, 0.25) is 17.5 Å². The minimum atomic E-state index is -2.39. The van der Waals surface area contributed by atoms with Gasteiger partial charge >= 0.3 is 5.97 Å². The standard InChI is InChI=1S/C43H47N3O11/c1-3-26-8-4-5-9-27(26)10-6-7-24(2)29(19-25-17-18-45-21-25)22-46-23-43(54)39(50)36(49)38(41(52)53)57-42(43)55-31-15-16-32-33(20-31)56-37(40(44)51)34(35(32)48)28-11-13-30(47)14-12-28/h4-6,8-18,20-21,24,29,36,38-39,42,45-47,49-50,54H,3,7,19,22-23H2,1-2H3,(H2,44,51)(H,52,53)/b10-6+/t24-,29-,36+,38-,39-,42+,43+/m0/s1. The Morgan fingerprint density at radius 1 is 1.09 bits per heavy atom. The van der Waals surface area contributed by atoms with Gasteiger partial charge in [-0.2, -0.15) is 0 Å². The van der Waals surface area contributed by atoms with Crippen LogP contribution >= 0.6 is 0 Å². The second-order valence-electron chi connectivity index (χ2n) is 14.5. The van der Waals surface area contributed by atoms with E-state index in [9.17, 15) is 39.9 Å². The van der Waals surface area contributed by atoms with Crippen molar-refractivity contribution in [2.75, 3.05) is 13.1 Å². The number of carbonyl (C=O) groups is 2. The van der Waals surface area contributed by atoms with Gasteiger partial charge < -0.3 is 55.5 Å². The number of carboxylic acid groups (broad SMARTS) is 1. The van der Waals surface area contributed by atoms with E-state index in [1.807, 2.05) is 30.6 Å². The monoisotopic (exact) mass is 781 g/mol. The highest BCUT2D eigenvalue weighted by Gasteiger charge is 2.58. The molecule has 2 aromatic heterocycles. The highest BCUT2D eigenvalue weighted by molar-refractivity contribution is 5.99. The molecular weight excluding hydrogens is 734 g/mol. The first kappa shape index (κ1) is 40.9. The zero-order chi connectivity index (χ0) is 40.9. The number of phenols is 1. The number of carbonyl (C=O) groups excluding carboxylic acids is 1. The Balaban J connectivity index is 1.25. The number of H-pyrrole nitrogens is 1. The molecule has 9 N–H and O–H groups in total. The van der Waals surface area contributed by atoms with Gasteiger partial charge in [-0.05, 0) is 90.2 Å². The van der Waals surface area contributed by atoms with Crippen LogP contribution in [0.1, 0.15) is 47.5 Å². The second-order valence-corrected chi connectivity index (χ2v) is 14.5. The summed E-state index contributed by atoms with van der Waals surface area (Å²) in [5, 5.41) is 56.9. The first-order valence-electron chi connectivity index (χ1n) is 18.7. The summed E-state index contributed by atoms with van der Waals surface area (Å²) >= 11 is 0. The van der Waals surface area contributed by atoms with Crippen molar-refractivity contribution in [3.05, 3.63) is 124 Å². The van der Waals surface area contributed by atoms with Gasteiger partial charge in [0.25, 0.3) is 5.91 Å². The number of rotatable bonds is 16. The number of allylic oxidation sites excluding steroid dienone is 1. The molecular formula is C43H47N3O11. The molecule has 1 aliphatic heterocycles. The number of aryl methyl sites for hydroxylation is 1. The molecule has 0 saturated carbocycles. The van der Waals surface area contributed by atoms with Crippen LogP contribution in [0.15, 0.2) is 100 Å². The summed E-state index contributed by atoms with van der Waals surface area (Å²) < 4.78 is 17.4. The van der Waals surface area contributed by atoms with Gasteiger partial charge in [-0.25, -0.2) is 4.79 Å². The molecule has 5 aromatic rings. The maximum absolute atomic E-state index is 13.6. The quantitative estimate of drug-likeness (QED) is 0.0710. The number of amides is 1. The van der Waals surface area contributed by atoms with Crippen LogP contribution in [0.5, 0.6) is 11.5 Å². The summed E-state index contributed by atoms with van der Waals surface area (Å²) in [7, 11) is 0. The number of aliphatic carboxylic acids is 1. The summed E-state index contributed by atoms with van der Waals surface area (Å²) in [5.41, 5.74) is 6.10. The molecule has 1 amide bonds. The van der Waals surface area contributed by atoms with E-state index in [2.05, 4.69) is 48.4 Å². The van der Waals surface area contributed by atoms with Crippen LogP contribution in [-0.2, 0) is 22.4 Å². The van der Waals surface area contributed by atoms with E-state index in [1.165, 1.54) is 48.0 Å². The molecule has 57 heavy (non-hydrogen) atoms. The number of aromatic amines is 1. The Kier molecular flexibility index (Phi) is 12.6. The Bertz CT molecular complexity index is 2270. The third-order valence-electron chi connectivity index (χ3n) is 10.6. The lowest BCUT2D eigenvalue weighted by Gasteiger charge is -2.47. The maximum atomic E-state index is 13.6. The van der Waals surface area contributed by atoms with Gasteiger partial charge in [-0.3, -0.25) is 9.59 Å². The minimum Gasteiger partial charge on any atom is -0.508 e. The minimum absolute atomic E-state index is 0.0301. The fraction of sp³-hybridized carbons (Fsp3) is 0.326. The van der Waals surface area contributed by atoms with Gasteiger partial charge in [-0.15, -0.1) is 0 Å². The molecule has 0 spiro atoms. The second kappa shape index (κ2) is 17.6. The molecule has 14 heteroatoms. The molecule has 1 aliphatic rings. The number of nitrogens with two attached hydrogens (primary N) is 1. The van der Waals surface area contributed by atoms with Gasteiger partial charge in [0.15, 0.2) is 11.7 Å². The highest BCUT2D eigenvalue weighted by Crippen LogP contribution is 2.34. The molecule has 0 aliphatic carbocycles. The summed E-state index contributed by atoms with van der Waals surface area (Å²) in [4.78, 5) is 41.3. The highest BCUT2D eigenvalue weighted by atomic mass is 16.7. The SMILES string of the molecule is CCc1ccccc1/C=C/C[C@H](C)[C@H](CNC[C@]1(O)[C@H](Oc2ccc3c(=O)c(-c4ccc(O)cc4)c(C(N)=O)oc3c2)O[C@H](C(=O)O)[C@@H](O)[C@@H]1O)Cc1cc[nH]c1. The van der Waals surface area contributed by atoms with Crippen molar-refractivity contribution in [1.29, 1.82) is 0 Å². The van der Waals surface area contributed by atoms with Crippen LogP contribution in [-0.4, -0.2) is 85.7 Å². The van der Waals surface area contributed by atoms with Gasteiger partial charge in [0.1, 0.15) is 29.3 Å². The number of benzene rings is 3. The fourth-order valence-corrected chi connectivity index (χ4v) is 7.23. The molecule has 1 fully saturated rings. The number of fused-ring (bicyclic) bond motifs is 1. The average Bonchev–Trinajstić information content (AvgIpc) is 3.71. The number of aromatic nitrogens is 1. The summed E-state index contributed by atoms with van der Waals surface area (Å²) in [6, 6.07) is 19.7. The predicted molar refractivity (Wildman–Crippen MR) is 211 cm³/mol. The molecule has 3 heterocycles. The van der Waals surface area contributed by atoms with Crippen LogP contribution < -0.4 is 21.2 Å². The number of primary amides is 1. The normalized spacial score (nSPS) is 22.1. The Hall–Kier alpha value is -5.77. The van der Waals surface area contributed by atoms with Crippen molar-refractivity contribution in [3.8, 4) is 22.6 Å². The molecule has 7 atom stereocenters. The third-order valence-corrected chi connectivity index (χ3v) is 10.6. The van der Waals surface area contributed by atoms with Crippen LogP contribution in [0, 0.1) is 11.8 Å². The largest absolute Gasteiger partial charge is 0.508 e. The molecule has 6 rings (SSSR count). The van der Waals surface area contributed by atoms with Crippen molar-refractivity contribution in [2.24, 2.45) is 17.6 Å². The summed E-state index contributed by atoms with van der Waals surface area (Å²) in [5.74, 6) is -3.06. The topological polar surface area (TPSA) is 238 Å². The number of aliphatic hydroxyl groups is 3. The number of nitrogens with one attached hydrogen (secondary N) is 2. The Labute approximate surface area is 328 Å². The van der Waals surface area contributed by atoms with E-state index in [1.54, 1.807) is 0 Å². The number of aliphatic hydroxyl groups excluding tert-OH is 2. The molecule has 0 unspecified atom stereocenters. The lowest BCUT2D eigenvalue weighted by atomic mass is 9.84. The lowest BCUT2D eigenvalue weighted by molar-refractivity contribution is -0.311. The number of phenolic OH excluding ortho intramolecular Hbond substituents is 1. The average molecular weight is 782 g/mol. The van der Waals surface area contributed by atoms with Gasteiger partial charge in [-0.1, -0.05) is 62.4 Å². The van der Waals surface area contributed by atoms with Crippen molar-refractivity contribution < 1.29 is 49.0 Å². The number of carboxylic acids is 1. The van der Waals surface area contributed by atoms with Crippen molar-refractivity contribution in [2.45, 2.75) is 63.3 Å². The molecule has 0 bridgehead atoms. The zero-order valence-electron chi connectivity index (χ0n) is 31.5. The van der Waals surface area contributed by atoms with Crippen LogP contribution in [0.4, 0.5) is 0 Å². The molecule has 1 saturated heterocycles. The Morgan fingerprint density at radius 2 is 1.84 bits per heavy atom. The summed E-state index contributed by atoms with van der Waals surface area (Å²) in [6.45, 7) is 4.21. The third kappa shape index (κ3) is 8.95. The van der Waals surface area contributed by atoms with Crippen LogP contribution in [0.2, 0.25) is 0 Å². The lowest BCUT2D eigenvalue weighted by Crippen LogP contribution is -2.71. The first-order valence-corrected chi connectivity index (χ1v) is 18.7.